The number of benzene rings is 3. The minimum absolute atomic E-state index is 0.0930. The van der Waals surface area contributed by atoms with Crippen LogP contribution in [0.5, 0.6) is 5.75 Å². The molecular formula is C33H36N6O4. The number of nitrogens with one attached hydrogen (secondary N) is 3. The first-order valence-electron chi connectivity index (χ1n) is 13.8. The van der Waals surface area contributed by atoms with Gasteiger partial charge in [0.15, 0.2) is 0 Å². The standard InChI is InChI=1S/C33H36N6O4/c1-39(2)33(43)37-20-23-10-8-22(9-11-23)19-36-31(41)28(18-24-12-17-29(34)35-21-24)38-32(42)30(25-6-4-3-5-7-25)26-13-15-27(40)16-14-26/h3-17,21,28,30,40H,18-20H2,1-2H3,(H2,34,35)(H,36,41)(H,37,43)(H,38,42). The summed E-state index contributed by atoms with van der Waals surface area (Å²) in [4.78, 5) is 44.7. The molecule has 0 saturated heterocycles. The van der Waals surface area contributed by atoms with Crippen molar-refractivity contribution in [3.05, 3.63) is 125 Å². The third kappa shape index (κ3) is 8.80. The topological polar surface area (TPSA) is 150 Å². The highest BCUT2D eigenvalue weighted by Crippen LogP contribution is 2.27. The van der Waals surface area contributed by atoms with E-state index in [0.717, 1.165) is 22.3 Å². The number of rotatable bonds is 11. The average molecular weight is 581 g/mol. The lowest BCUT2D eigenvalue weighted by Gasteiger charge is -2.23. The molecule has 0 radical (unpaired) electrons. The number of urea groups is 1. The van der Waals surface area contributed by atoms with Gasteiger partial charge in [-0.15, -0.1) is 0 Å². The van der Waals surface area contributed by atoms with E-state index in [1.54, 1.807) is 44.6 Å². The van der Waals surface area contributed by atoms with Gasteiger partial charge in [-0.2, -0.15) is 0 Å². The first-order chi connectivity index (χ1) is 20.7. The molecule has 1 heterocycles. The Balaban J connectivity index is 1.50. The lowest BCUT2D eigenvalue weighted by atomic mass is 9.90. The maximum Gasteiger partial charge on any atom is 0.317 e. The highest BCUT2D eigenvalue weighted by Gasteiger charge is 2.28. The molecule has 0 fully saturated rings. The molecule has 0 saturated carbocycles. The Morgan fingerprint density at radius 2 is 1.35 bits per heavy atom. The monoisotopic (exact) mass is 580 g/mol. The summed E-state index contributed by atoms with van der Waals surface area (Å²) in [6.07, 6.45) is 1.79. The predicted molar refractivity (Wildman–Crippen MR) is 165 cm³/mol. The average Bonchev–Trinajstić information content (AvgIpc) is 3.01. The predicted octanol–water partition coefficient (Wildman–Crippen LogP) is 3.32. The minimum atomic E-state index is -0.901. The van der Waals surface area contributed by atoms with Crippen LogP contribution in [0.1, 0.15) is 33.7 Å². The maximum absolute atomic E-state index is 13.8. The highest BCUT2D eigenvalue weighted by molar-refractivity contribution is 5.92. The Kier molecular flexibility index (Phi) is 10.3. The van der Waals surface area contributed by atoms with E-state index in [1.807, 2.05) is 54.6 Å². The third-order valence-corrected chi connectivity index (χ3v) is 6.88. The van der Waals surface area contributed by atoms with E-state index >= 15 is 0 Å². The van der Waals surface area contributed by atoms with Gasteiger partial charge < -0.3 is 31.7 Å². The smallest absolute Gasteiger partial charge is 0.317 e. The Morgan fingerprint density at radius 1 is 0.767 bits per heavy atom. The lowest BCUT2D eigenvalue weighted by Crippen LogP contribution is -2.49. The number of pyridine rings is 1. The molecule has 3 aromatic carbocycles. The summed E-state index contributed by atoms with van der Waals surface area (Å²) in [5.41, 5.74) is 9.70. The van der Waals surface area contributed by atoms with Crippen molar-refractivity contribution in [3.8, 4) is 5.75 Å². The van der Waals surface area contributed by atoms with Crippen LogP contribution in [0.15, 0.2) is 97.2 Å². The van der Waals surface area contributed by atoms with E-state index in [4.69, 9.17) is 5.73 Å². The van der Waals surface area contributed by atoms with Gasteiger partial charge in [0.05, 0.1) is 5.92 Å². The summed E-state index contributed by atoms with van der Waals surface area (Å²) in [5.74, 6) is -0.970. The third-order valence-electron chi connectivity index (χ3n) is 6.88. The molecule has 4 rings (SSSR count). The van der Waals surface area contributed by atoms with Crippen molar-refractivity contribution in [3.63, 3.8) is 0 Å². The number of phenolic OH excluding ortho intramolecular Hbond substituents is 1. The molecule has 6 N–H and O–H groups in total. The zero-order valence-corrected chi connectivity index (χ0v) is 24.2. The molecule has 0 aliphatic heterocycles. The second kappa shape index (κ2) is 14.5. The zero-order chi connectivity index (χ0) is 30.8. The number of anilines is 1. The van der Waals surface area contributed by atoms with Crippen molar-refractivity contribution in [2.45, 2.75) is 31.5 Å². The Labute approximate surface area is 250 Å². The first-order valence-corrected chi connectivity index (χ1v) is 13.8. The SMILES string of the molecule is CN(C)C(=O)NCc1ccc(CNC(=O)C(Cc2ccc(N)nc2)NC(=O)C(c2ccccc2)c2ccc(O)cc2)cc1. The molecule has 10 nitrogen and oxygen atoms in total. The summed E-state index contributed by atoms with van der Waals surface area (Å²) < 4.78 is 0. The van der Waals surface area contributed by atoms with Crippen LogP contribution >= 0.6 is 0 Å². The van der Waals surface area contributed by atoms with Crippen molar-refractivity contribution < 1.29 is 19.5 Å². The number of carbonyl (C=O) groups excluding carboxylic acids is 3. The van der Waals surface area contributed by atoms with Crippen LogP contribution in [0.4, 0.5) is 10.6 Å². The molecular weight excluding hydrogens is 544 g/mol. The van der Waals surface area contributed by atoms with E-state index in [-0.39, 0.29) is 36.6 Å². The number of phenols is 1. The Hall–Kier alpha value is -5.38. The number of aromatic hydroxyl groups is 1. The number of amides is 4. The molecule has 0 spiro atoms. The highest BCUT2D eigenvalue weighted by atomic mass is 16.3. The van der Waals surface area contributed by atoms with Crippen LogP contribution in [-0.2, 0) is 29.1 Å². The fourth-order valence-corrected chi connectivity index (χ4v) is 4.49. The summed E-state index contributed by atoms with van der Waals surface area (Å²) in [6, 6.07) is 25.6. The molecule has 222 valence electrons. The molecule has 0 aliphatic rings. The summed E-state index contributed by atoms with van der Waals surface area (Å²) in [6.45, 7) is 0.632. The zero-order valence-electron chi connectivity index (χ0n) is 24.2. The van der Waals surface area contributed by atoms with E-state index in [0.29, 0.717) is 17.9 Å². The quantitative estimate of drug-likeness (QED) is 0.184. The maximum atomic E-state index is 13.8. The van der Waals surface area contributed by atoms with Crippen molar-refractivity contribution in [2.75, 3.05) is 19.8 Å². The molecule has 4 amide bonds. The van der Waals surface area contributed by atoms with Gasteiger partial charge >= 0.3 is 6.03 Å². The first kappa shape index (κ1) is 30.6. The molecule has 0 aliphatic carbocycles. The van der Waals surface area contributed by atoms with Crippen LogP contribution in [0.25, 0.3) is 0 Å². The van der Waals surface area contributed by atoms with E-state index in [9.17, 15) is 19.5 Å². The van der Waals surface area contributed by atoms with E-state index in [2.05, 4.69) is 20.9 Å². The van der Waals surface area contributed by atoms with Gasteiger partial charge in [0.2, 0.25) is 11.8 Å². The fraction of sp³-hybridized carbons (Fsp3) is 0.212. The normalized spacial score (nSPS) is 12.0. The van der Waals surface area contributed by atoms with Crippen LogP contribution in [0.2, 0.25) is 0 Å². The van der Waals surface area contributed by atoms with Gasteiger partial charge in [0, 0.05) is 39.8 Å². The molecule has 2 atom stereocenters. The molecule has 10 heteroatoms. The van der Waals surface area contributed by atoms with Gasteiger partial charge in [-0.05, 0) is 46.0 Å². The van der Waals surface area contributed by atoms with Gasteiger partial charge in [0.25, 0.3) is 0 Å². The fourth-order valence-electron chi connectivity index (χ4n) is 4.49. The van der Waals surface area contributed by atoms with E-state index in [1.165, 1.54) is 17.0 Å². The van der Waals surface area contributed by atoms with E-state index < -0.39 is 12.0 Å². The summed E-state index contributed by atoms with van der Waals surface area (Å²) in [7, 11) is 3.35. The summed E-state index contributed by atoms with van der Waals surface area (Å²) >= 11 is 0. The van der Waals surface area contributed by atoms with Gasteiger partial charge in [0.1, 0.15) is 17.6 Å². The number of hydrogen-bond acceptors (Lipinski definition) is 6. The van der Waals surface area contributed by atoms with Crippen molar-refractivity contribution in [2.24, 2.45) is 0 Å². The Bertz CT molecular complexity index is 1510. The number of nitrogens with zero attached hydrogens (tertiary/aromatic N) is 2. The molecule has 43 heavy (non-hydrogen) atoms. The number of aromatic nitrogens is 1. The molecule has 4 aromatic rings. The number of carbonyl (C=O) groups is 3. The van der Waals surface area contributed by atoms with Gasteiger partial charge in [-0.25, -0.2) is 9.78 Å². The summed E-state index contributed by atoms with van der Waals surface area (Å²) in [5, 5.41) is 18.5. The minimum Gasteiger partial charge on any atom is -0.508 e. The van der Waals surface area contributed by atoms with Crippen LogP contribution in [-0.4, -0.2) is 53.0 Å². The Morgan fingerprint density at radius 3 is 1.93 bits per heavy atom. The van der Waals surface area contributed by atoms with Crippen LogP contribution in [0.3, 0.4) is 0 Å². The number of nitrogens with two attached hydrogens (primary N) is 1. The van der Waals surface area contributed by atoms with Gasteiger partial charge in [-0.3, -0.25) is 9.59 Å². The largest absolute Gasteiger partial charge is 0.508 e. The van der Waals surface area contributed by atoms with Crippen molar-refractivity contribution in [1.29, 1.82) is 0 Å². The van der Waals surface area contributed by atoms with Crippen LogP contribution in [0, 0.1) is 0 Å². The molecule has 1 aromatic heterocycles. The number of hydrogen-bond donors (Lipinski definition) is 5. The molecule has 0 bridgehead atoms. The lowest BCUT2D eigenvalue weighted by molar-refractivity contribution is -0.129. The van der Waals surface area contributed by atoms with Crippen LogP contribution < -0.4 is 21.7 Å². The van der Waals surface area contributed by atoms with Crippen molar-refractivity contribution >= 4 is 23.7 Å². The van der Waals surface area contributed by atoms with Gasteiger partial charge in [-0.1, -0.05) is 72.8 Å². The van der Waals surface area contributed by atoms with Crippen molar-refractivity contribution in [1.82, 2.24) is 25.8 Å². The second-order valence-electron chi connectivity index (χ2n) is 10.4. The number of nitrogen functional groups attached to an aromatic ring is 1. The second-order valence-corrected chi connectivity index (χ2v) is 10.4. The molecule has 2 unspecified atom stereocenters.